The first-order chi connectivity index (χ1) is 9.93. The third-order valence-electron chi connectivity index (χ3n) is 2.99. The number of rotatable bonds is 7. The summed E-state index contributed by atoms with van der Waals surface area (Å²) in [6.07, 6.45) is 1.51. The number of hydrogen-bond acceptors (Lipinski definition) is 3. The van der Waals surface area contributed by atoms with Crippen LogP contribution in [0.2, 0.25) is 0 Å². The van der Waals surface area contributed by atoms with Crippen molar-refractivity contribution in [1.82, 2.24) is 5.32 Å². The van der Waals surface area contributed by atoms with Crippen molar-refractivity contribution >= 4 is 17.5 Å². The van der Waals surface area contributed by atoms with Crippen LogP contribution in [0.5, 0.6) is 0 Å². The lowest BCUT2D eigenvalue weighted by atomic mass is 10.0. The van der Waals surface area contributed by atoms with Gasteiger partial charge in [0.05, 0.1) is 6.04 Å². The van der Waals surface area contributed by atoms with E-state index in [0.29, 0.717) is 30.1 Å². The topological polar surface area (TPSA) is 84.2 Å². The molecule has 5 heteroatoms. The molecule has 4 N–H and O–H groups in total. The maximum Gasteiger partial charge on any atom is 0.251 e. The van der Waals surface area contributed by atoms with Gasteiger partial charge in [0, 0.05) is 17.8 Å². The third kappa shape index (κ3) is 5.95. The molecule has 1 atom stereocenters. The Labute approximate surface area is 126 Å². The van der Waals surface area contributed by atoms with E-state index in [1.807, 2.05) is 20.8 Å². The summed E-state index contributed by atoms with van der Waals surface area (Å²) in [7, 11) is 0. The summed E-state index contributed by atoms with van der Waals surface area (Å²) in [6.45, 7) is 6.67. The zero-order valence-corrected chi connectivity index (χ0v) is 13.0. The van der Waals surface area contributed by atoms with Crippen molar-refractivity contribution in [2.75, 3.05) is 11.9 Å². The lowest BCUT2D eigenvalue weighted by Crippen LogP contribution is -2.36. The molecule has 116 valence electrons. The number of carbonyl (C=O) groups is 2. The first kappa shape index (κ1) is 17.2. The number of nitrogens with one attached hydrogen (secondary N) is 2. The van der Waals surface area contributed by atoms with E-state index < -0.39 is 6.04 Å². The van der Waals surface area contributed by atoms with Gasteiger partial charge in [-0.2, -0.15) is 0 Å². The quantitative estimate of drug-likeness (QED) is 0.719. The highest BCUT2D eigenvalue weighted by Crippen LogP contribution is 2.12. The van der Waals surface area contributed by atoms with E-state index in [4.69, 9.17) is 5.73 Å². The fraction of sp³-hybridized carbons (Fsp3) is 0.500. The molecule has 0 bridgehead atoms. The summed E-state index contributed by atoms with van der Waals surface area (Å²) in [5.41, 5.74) is 6.95. The molecule has 0 saturated heterocycles. The monoisotopic (exact) mass is 291 g/mol. The predicted octanol–water partition coefficient (Wildman–Crippen LogP) is 2.14. The molecule has 1 rings (SSSR count). The molecule has 0 aliphatic rings. The highest BCUT2D eigenvalue weighted by atomic mass is 16.2. The molecule has 0 spiro atoms. The molecule has 0 heterocycles. The smallest absolute Gasteiger partial charge is 0.251 e. The minimum Gasteiger partial charge on any atom is -0.352 e. The summed E-state index contributed by atoms with van der Waals surface area (Å²) in [6, 6.07) is 6.32. The maximum atomic E-state index is 12.0. The molecule has 1 aromatic carbocycles. The van der Waals surface area contributed by atoms with Gasteiger partial charge in [0.2, 0.25) is 5.91 Å². The van der Waals surface area contributed by atoms with E-state index in [-0.39, 0.29) is 11.8 Å². The molecule has 0 aliphatic carbocycles. The minimum atomic E-state index is -0.539. The summed E-state index contributed by atoms with van der Waals surface area (Å²) in [4.78, 5) is 23.8. The fourth-order valence-electron chi connectivity index (χ4n) is 1.93. The molecule has 5 nitrogen and oxygen atoms in total. The molecule has 0 radical (unpaired) electrons. The van der Waals surface area contributed by atoms with Crippen molar-refractivity contribution in [3.63, 3.8) is 0 Å². The molecular formula is C16H25N3O2. The Kier molecular flexibility index (Phi) is 6.88. The van der Waals surface area contributed by atoms with E-state index in [1.165, 1.54) is 0 Å². The minimum absolute atomic E-state index is 0.139. The summed E-state index contributed by atoms with van der Waals surface area (Å²) in [5, 5.41) is 5.56. The van der Waals surface area contributed by atoms with Crippen LogP contribution in [0.25, 0.3) is 0 Å². The molecule has 0 saturated carbocycles. The van der Waals surface area contributed by atoms with Gasteiger partial charge in [-0.25, -0.2) is 0 Å². The van der Waals surface area contributed by atoms with Crippen LogP contribution in [-0.2, 0) is 4.79 Å². The van der Waals surface area contributed by atoms with Crippen LogP contribution < -0.4 is 16.4 Å². The Bertz CT molecular complexity index is 486. The van der Waals surface area contributed by atoms with Crippen molar-refractivity contribution in [3.05, 3.63) is 29.8 Å². The predicted molar refractivity (Wildman–Crippen MR) is 85.1 cm³/mol. The fourth-order valence-corrected chi connectivity index (χ4v) is 1.93. The molecule has 0 fully saturated rings. The number of carbonyl (C=O) groups excluding carboxylic acids is 2. The maximum absolute atomic E-state index is 12.0. The average Bonchev–Trinajstić information content (AvgIpc) is 2.44. The van der Waals surface area contributed by atoms with E-state index in [0.717, 1.165) is 6.42 Å². The second kappa shape index (κ2) is 8.42. The van der Waals surface area contributed by atoms with Gasteiger partial charge < -0.3 is 16.4 Å². The molecule has 2 amide bonds. The molecule has 21 heavy (non-hydrogen) atoms. The second-order valence-corrected chi connectivity index (χ2v) is 5.56. The van der Waals surface area contributed by atoms with Gasteiger partial charge in [-0.3, -0.25) is 9.59 Å². The standard InChI is InChI=1S/C16H25N3O2/c1-4-8-18-15(20)12-6-5-7-13(10-12)19-16(21)14(17)9-11(2)3/h5-7,10-11,14H,4,8-9,17H2,1-3H3,(H,18,20)(H,19,21)/t14-/m0/s1. The van der Waals surface area contributed by atoms with Gasteiger partial charge in [0.25, 0.3) is 5.91 Å². The summed E-state index contributed by atoms with van der Waals surface area (Å²) < 4.78 is 0. The average molecular weight is 291 g/mol. The van der Waals surface area contributed by atoms with Crippen LogP contribution in [0.15, 0.2) is 24.3 Å². The van der Waals surface area contributed by atoms with Gasteiger partial charge in [-0.15, -0.1) is 0 Å². The SMILES string of the molecule is CCCNC(=O)c1cccc(NC(=O)[C@@H](N)CC(C)C)c1. The van der Waals surface area contributed by atoms with Gasteiger partial charge in [0.15, 0.2) is 0 Å². The van der Waals surface area contributed by atoms with Crippen LogP contribution in [0.4, 0.5) is 5.69 Å². The lowest BCUT2D eigenvalue weighted by molar-refractivity contribution is -0.117. The van der Waals surface area contributed by atoms with E-state index in [2.05, 4.69) is 10.6 Å². The normalized spacial score (nSPS) is 12.0. The van der Waals surface area contributed by atoms with Gasteiger partial charge in [-0.05, 0) is 37.0 Å². The molecule has 0 aliphatic heterocycles. The summed E-state index contributed by atoms with van der Waals surface area (Å²) >= 11 is 0. The van der Waals surface area contributed by atoms with Crippen LogP contribution in [-0.4, -0.2) is 24.4 Å². The lowest BCUT2D eigenvalue weighted by Gasteiger charge is -2.14. The molecular weight excluding hydrogens is 266 g/mol. The Morgan fingerprint density at radius 3 is 2.62 bits per heavy atom. The summed E-state index contributed by atoms with van der Waals surface area (Å²) in [5.74, 6) is -0.00819. The van der Waals surface area contributed by atoms with Gasteiger partial charge >= 0.3 is 0 Å². The van der Waals surface area contributed by atoms with E-state index >= 15 is 0 Å². The number of anilines is 1. The zero-order valence-electron chi connectivity index (χ0n) is 13.0. The number of benzene rings is 1. The second-order valence-electron chi connectivity index (χ2n) is 5.56. The van der Waals surface area contributed by atoms with Crippen molar-refractivity contribution in [3.8, 4) is 0 Å². The Morgan fingerprint density at radius 1 is 1.29 bits per heavy atom. The van der Waals surface area contributed by atoms with Gasteiger partial charge in [0.1, 0.15) is 0 Å². The van der Waals surface area contributed by atoms with Crippen molar-refractivity contribution in [2.24, 2.45) is 11.7 Å². The molecule has 0 unspecified atom stereocenters. The Balaban J connectivity index is 2.68. The highest BCUT2D eigenvalue weighted by molar-refractivity contribution is 5.98. The van der Waals surface area contributed by atoms with E-state index in [1.54, 1.807) is 24.3 Å². The molecule has 1 aromatic rings. The number of hydrogen-bond donors (Lipinski definition) is 3. The van der Waals surface area contributed by atoms with E-state index in [9.17, 15) is 9.59 Å². The van der Waals surface area contributed by atoms with Crippen molar-refractivity contribution in [2.45, 2.75) is 39.7 Å². The van der Waals surface area contributed by atoms with Crippen molar-refractivity contribution in [1.29, 1.82) is 0 Å². The third-order valence-corrected chi connectivity index (χ3v) is 2.99. The first-order valence-electron chi connectivity index (χ1n) is 7.38. The largest absolute Gasteiger partial charge is 0.352 e. The Hall–Kier alpha value is -1.88. The van der Waals surface area contributed by atoms with Crippen LogP contribution >= 0.6 is 0 Å². The molecule has 0 aromatic heterocycles. The highest BCUT2D eigenvalue weighted by Gasteiger charge is 2.15. The van der Waals surface area contributed by atoms with Gasteiger partial charge in [-0.1, -0.05) is 26.8 Å². The van der Waals surface area contributed by atoms with Crippen LogP contribution in [0.1, 0.15) is 44.0 Å². The first-order valence-corrected chi connectivity index (χ1v) is 7.38. The number of amides is 2. The number of nitrogens with two attached hydrogens (primary N) is 1. The Morgan fingerprint density at radius 2 is 2.00 bits per heavy atom. The van der Waals surface area contributed by atoms with Crippen LogP contribution in [0, 0.1) is 5.92 Å². The zero-order chi connectivity index (χ0) is 15.8. The van der Waals surface area contributed by atoms with Crippen molar-refractivity contribution < 1.29 is 9.59 Å². The van der Waals surface area contributed by atoms with Crippen LogP contribution in [0.3, 0.4) is 0 Å².